The molecule has 0 aliphatic carbocycles. The van der Waals surface area contributed by atoms with Crippen LogP contribution in [0.25, 0.3) is 0 Å². The van der Waals surface area contributed by atoms with Gasteiger partial charge in [0.05, 0.1) is 7.11 Å². The van der Waals surface area contributed by atoms with Gasteiger partial charge in [0.2, 0.25) is 5.76 Å². The second-order valence-corrected chi connectivity index (χ2v) is 4.32. The molecule has 0 radical (unpaired) electrons. The fourth-order valence-electron chi connectivity index (χ4n) is 1.77. The van der Waals surface area contributed by atoms with Gasteiger partial charge in [-0.25, -0.2) is 4.79 Å². The standard InChI is InChI=1S/C15H15NO5/c1-20-11-4-2-10(3-5-11)8-9-16-14(17)12-6-7-13(21-12)15(18)19/h2-7H,8-9H2,1H3,(H,16,17)(H,18,19). The molecule has 0 spiro atoms. The average Bonchev–Trinajstić information content (AvgIpc) is 2.98. The quantitative estimate of drug-likeness (QED) is 0.848. The molecule has 0 fully saturated rings. The van der Waals surface area contributed by atoms with E-state index in [2.05, 4.69) is 5.32 Å². The Balaban J connectivity index is 1.84. The second kappa shape index (κ2) is 6.60. The molecule has 1 heterocycles. The van der Waals surface area contributed by atoms with Crippen molar-refractivity contribution in [2.24, 2.45) is 0 Å². The maximum atomic E-state index is 11.8. The van der Waals surface area contributed by atoms with Crippen LogP contribution in [0.1, 0.15) is 26.7 Å². The van der Waals surface area contributed by atoms with E-state index < -0.39 is 11.9 Å². The molecule has 0 saturated carbocycles. The van der Waals surface area contributed by atoms with Crippen LogP contribution in [0.4, 0.5) is 0 Å². The summed E-state index contributed by atoms with van der Waals surface area (Å²) in [7, 11) is 1.60. The first-order chi connectivity index (χ1) is 10.1. The summed E-state index contributed by atoms with van der Waals surface area (Å²) in [6, 6.07) is 10.1. The Bertz CT molecular complexity index is 630. The molecular formula is C15H15NO5. The molecule has 6 heteroatoms. The van der Waals surface area contributed by atoms with Gasteiger partial charge in [-0.05, 0) is 36.2 Å². The van der Waals surface area contributed by atoms with E-state index in [1.54, 1.807) is 7.11 Å². The number of nitrogens with one attached hydrogen (secondary N) is 1. The summed E-state index contributed by atoms with van der Waals surface area (Å²) in [5.74, 6) is -1.12. The number of rotatable bonds is 6. The zero-order chi connectivity index (χ0) is 15.2. The van der Waals surface area contributed by atoms with Crippen molar-refractivity contribution in [3.05, 3.63) is 53.5 Å². The summed E-state index contributed by atoms with van der Waals surface area (Å²) >= 11 is 0. The summed E-state index contributed by atoms with van der Waals surface area (Å²) in [5.41, 5.74) is 1.06. The van der Waals surface area contributed by atoms with Crippen LogP contribution in [-0.4, -0.2) is 30.6 Å². The van der Waals surface area contributed by atoms with Gasteiger partial charge in [0.25, 0.3) is 5.91 Å². The van der Waals surface area contributed by atoms with Crippen LogP contribution in [0.3, 0.4) is 0 Å². The highest BCUT2D eigenvalue weighted by Crippen LogP contribution is 2.11. The van der Waals surface area contributed by atoms with Crippen LogP contribution < -0.4 is 10.1 Å². The minimum Gasteiger partial charge on any atom is -0.497 e. The maximum absolute atomic E-state index is 11.8. The van der Waals surface area contributed by atoms with Gasteiger partial charge in [0.1, 0.15) is 5.75 Å². The van der Waals surface area contributed by atoms with Crippen LogP contribution in [-0.2, 0) is 6.42 Å². The number of furan rings is 1. The molecule has 2 N–H and O–H groups in total. The van der Waals surface area contributed by atoms with Gasteiger partial charge in [0.15, 0.2) is 5.76 Å². The predicted molar refractivity (Wildman–Crippen MR) is 74.7 cm³/mol. The number of ether oxygens (including phenoxy) is 1. The molecule has 0 aliphatic heterocycles. The lowest BCUT2D eigenvalue weighted by molar-refractivity contribution is 0.0659. The number of amides is 1. The number of aromatic carboxylic acids is 1. The van der Waals surface area contributed by atoms with Gasteiger partial charge in [-0.3, -0.25) is 4.79 Å². The second-order valence-electron chi connectivity index (χ2n) is 4.32. The first-order valence-corrected chi connectivity index (χ1v) is 6.34. The van der Waals surface area contributed by atoms with E-state index in [1.807, 2.05) is 24.3 Å². The van der Waals surface area contributed by atoms with Crippen molar-refractivity contribution in [1.82, 2.24) is 5.32 Å². The molecule has 0 bridgehead atoms. The lowest BCUT2D eigenvalue weighted by atomic mass is 10.1. The van der Waals surface area contributed by atoms with Crippen molar-refractivity contribution >= 4 is 11.9 Å². The lowest BCUT2D eigenvalue weighted by Crippen LogP contribution is -2.25. The predicted octanol–water partition coefficient (Wildman–Crippen LogP) is 1.96. The molecular weight excluding hydrogens is 274 g/mol. The van der Waals surface area contributed by atoms with Crippen molar-refractivity contribution in [2.45, 2.75) is 6.42 Å². The molecule has 6 nitrogen and oxygen atoms in total. The van der Waals surface area contributed by atoms with Gasteiger partial charge in [-0.15, -0.1) is 0 Å². The maximum Gasteiger partial charge on any atom is 0.371 e. The first-order valence-electron chi connectivity index (χ1n) is 6.34. The highest BCUT2D eigenvalue weighted by Gasteiger charge is 2.14. The molecule has 1 aromatic carbocycles. The number of benzene rings is 1. The molecule has 0 atom stereocenters. The van der Waals surface area contributed by atoms with Crippen molar-refractivity contribution in [3.8, 4) is 5.75 Å². The molecule has 0 unspecified atom stereocenters. The summed E-state index contributed by atoms with van der Waals surface area (Å²) in [5, 5.41) is 11.4. The van der Waals surface area contributed by atoms with E-state index in [0.717, 1.165) is 11.3 Å². The highest BCUT2D eigenvalue weighted by molar-refractivity contribution is 5.93. The number of carbonyl (C=O) groups is 2. The molecule has 1 amide bonds. The van der Waals surface area contributed by atoms with E-state index in [4.69, 9.17) is 14.3 Å². The monoisotopic (exact) mass is 289 g/mol. The van der Waals surface area contributed by atoms with E-state index in [0.29, 0.717) is 13.0 Å². The average molecular weight is 289 g/mol. The minimum absolute atomic E-state index is 0.0119. The van der Waals surface area contributed by atoms with E-state index in [1.165, 1.54) is 12.1 Å². The van der Waals surface area contributed by atoms with Gasteiger partial charge in [0, 0.05) is 6.54 Å². The number of methoxy groups -OCH3 is 1. The number of hydrogen-bond donors (Lipinski definition) is 2. The summed E-state index contributed by atoms with van der Waals surface area (Å²) in [6.45, 7) is 0.425. The fourth-order valence-corrected chi connectivity index (χ4v) is 1.77. The molecule has 21 heavy (non-hydrogen) atoms. The Morgan fingerprint density at radius 3 is 2.38 bits per heavy atom. The Morgan fingerprint density at radius 2 is 1.81 bits per heavy atom. The number of carboxylic acids is 1. The Morgan fingerprint density at radius 1 is 1.14 bits per heavy atom. The molecule has 2 rings (SSSR count). The zero-order valence-electron chi connectivity index (χ0n) is 11.5. The van der Waals surface area contributed by atoms with E-state index in [9.17, 15) is 9.59 Å². The van der Waals surface area contributed by atoms with E-state index in [-0.39, 0.29) is 11.5 Å². The normalized spacial score (nSPS) is 10.1. The molecule has 0 saturated heterocycles. The van der Waals surface area contributed by atoms with Gasteiger partial charge in [-0.2, -0.15) is 0 Å². The summed E-state index contributed by atoms with van der Waals surface area (Å²) in [6.07, 6.45) is 0.655. The van der Waals surface area contributed by atoms with Crippen LogP contribution in [0, 0.1) is 0 Å². The molecule has 1 aromatic heterocycles. The SMILES string of the molecule is COc1ccc(CCNC(=O)c2ccc(C(=O)O)o2)cc1. The smallest absolute Gasteiger partial charge is 0.371 e. The number of carbonyl (C=O) groups excluding carboxylic acids is 1. The molecule has 0 aliphatic rings. The molecule has 2 aromatic rings. The van der Waals surface area contributed by atoms with Gasteiger partial charge < -0.3 is 19.6 Å². The Labute approximate surface area is 121 Å². The van der Waals surface area contributed by atoms with Crippen LogP contribution in [0.2, 0.25) is 0 Å². The Hall–Kier alpha value is -2.76. The largest absolute Gasteiger partial charge is 0.497 e. The Kier molecular flexibility index (Phi) is 4.61. The van der Waals surface area contributed by atoms with Crippen LogP contribution >= 0.6 is 0 Å². The summed E-state index contributed by atoms with van der Waals surface area (Å²) < 4.78 is 9.97. The third-order valence-corrected chi connectivity index (χ3v) is 2.90. The van der Waals surface area contributed by atoms with E-state index >= 15 is 0 Å². The van der Waals surface area contributed by atoms with Crippen molar-refractivity contribution < 1.29 is 23.8 Å². The number of carboxylic acid groups (broad SMARTS) is 1. The van der Waals surface area contributed by atoms with Crippen molar-refractivity contribution in [3.63, 3.8) is 0 Å². The summed E-state index contributed by atoms with van der Waals surface area (Å²) in [4.78, 5) is 22.4. The van der Waals surface area contributed by atoms with Crippen molar-refractivity contribution in [2.75, 3.05) is 13.7 Å². The number of hydrogen-bond acceptors (Lipinski definition) is 4. The first kappa shape index (κ1) is 14.6. The minimum atomic E-state index is -1.20. The topological polar surface area (TPSA) is 88.8 Å². The van der Waals surface area contributed by atoms with Gasteiger partial charge in [-0.1, -0.05) is 12.1 Å². The third-order valence-electron chi connectivity index (χ3n) is 2.90. The third kappa shape index (κ3) is 3.85. The fraction of sp³-hybridized carbons (Fsp3) is 0.200. The molecule has 110 valence electrons. The van der Waals surface area contributed by atoms with Crippen LogP contribution in [0.5, 0.6) is 5.75 Å². The van der Waals surface area contributed by atoms with Crippen molar-refractivity contribution in [1.29, 1.82) is 0 Å². The van der Waals surface area contributed by atoms with Gasteiger partial charge >= 0.3 is 5.97 Å². The lowest BCUT2D eigenvalue weighted by Gasteiger charge is -2.05. The highest BCUT2D eigenvalue weighted by atomic mass is 16.5. The zero-order valence-corrected chi connectivity index (χ0v) is 11.5. The van der Waals surface area contributed by atoms with Crippen LogP contribution in [0.15, 0.2) is 40.8 Å².